The molecule has 0 N–H and O–H groups in total. The zero-order valence-electron chi connectivity index (χ0n) is 7.09. The lowest BCUT2D eigenvalue weighted by atomic mass is 10.2. The van der Waals surface area contributed by atoms with E-state index in [1.54, 1.807) is 4.57 Å². The predicted molar refractivity (Wildman–Crippen MR) is 46.7 cm³/mol. The van der Waals surface area contributed by atoms with Crippen LogP contribution in [-0.4, -0.2) is 21.1 Å². The highest BCUT2D eigenvalue weighted by Gasteiger charge is 2.04. The number of hydrogen-bond donors (Lipinski definition) is 0. The monoisotopic (exact) mass is 191 g/mol. The second-order valence-electron chi connectivity index (χ2n) is 2.69. The molecule has 2 aromatic rings. The van der Waals surface area contributed by atoms with E-state index in [0.29, 0.717) is 12.0 Å². The topological polar surface area (TPSA) is 47.8 Å². The molecule has 0 fully saturated rings. The van der Waals surface area contributed by atoms with Gasteiger partial charge in [0.2, 0.25) is 0 Å². The summed E-state index contributed by atoms with van der Waals surface area (Å²) in [5.74, 6) is -0.441. The van der Waals surface area contributed by atoms with E-state index in [1.165, 1.54) is 30.9 Å². The molecule has 0 aliphatic heterocycles. The van der Waals surface area contributed by atoms with Crippen LogP contribution in [0.5, 0.6) is 0 Å². The number of halogens is 1. The Morgan fingerprint density at radius 1 is 1.29 bits per heavy atom. The third kappa shape index (κ3) is 1.39. The molecule has 0 aliphatic carbocycles. The molecule has 0 saturated heterocycles. The summed E-state index contributed by atoms with van der Waals surface area (Å²) in [5.41, 5.74) is 0.830. The number of hydrogen-bond acceptors (Lipinski definition) is 3. The van der Waals surface area contributed by atoms with Gasteiger partial charge in [0.15, 0.2) is 6.29 Å². The molecular weight excluding hydrogens is 185 g/mol. The molecule has 0 aliphatic rings. The molecule has 0 amide bonds. The van der Waals surface area contributed by atoms with Crippen molar-refractivity contribution in [1.29, 1.82) is 0 Å². The van der Waals surface area contributed by atoms with Gasteiger partial charge < -0.3 is 0 Å². The normalized spacial score (nSPS) is 10.1. The average Bonchev–Trinajstić information content (AvgIpc) is 2.70. The highest BCUT2D eigenvalue weighted by molar-refractivity contribution is 5.80. The Kier molecular flexibility index (Phi) is 2.06. The third-order valence-corrected chi connectivity index (χ3v) is 1.81. The van der Waals surface area contributed by atoms with Crippen LogP contribution in [0.25, 0.3) is 5.69 Å². The number of benzene rings is 1. The Hall–Kier alpha value is -2.04. The molecule has 2 rings (SSSR count). The summed E-state index contributed by atoms with van der Waals surface area (Å²) < 4.78 is 14.3. The van der Waals surface area contributed by atoms with E-state index in [9.17, 15) is 9.18 Å². The maximum absolute atomic E-state index is 12.8. The molecule has 0 unspecified atom stereocenters. The third-order valence-electron chi connectivity index (χ3n) is 1.81. The second kappa shape index (κ2) is 3.37. The van der Waals surface area contributed by atoms with Gasteiger partial charge in [-0.1, -0.05) is 0 Å². The van der Waals surface area contributed by atoms with Crippen molar-refractivity contribution < 1.29 is 9.18 Å². The minimum Gasteiger partial charge on any atom is -0.298 e. The van der Waals surface area contributed by atoms with Gasteiger partial charge in [0.1, 0.15) is 18.5 Å². The quantitative estimate of drug-likeness (QED) is 0.670. The summed E-state index contributed by atoms with van der Waals surface area (Å²) in [5, 5.41) is 7.20. The number of carbonyl (C=O) groups is 1. The van der Waals surface area contributed by atoms with Crippen molar-refractivity contribution in [2.75, 3.05) is 0 Å². The number of rotatable bonds is 2. The fourth-order valence-corrected chi connectivity index (χ4v) is 1.18. The Labute approximate surface area is 79.0 Å². The van der Waals surface area contributed by atoms with Crippen LogP contribution in [0.15, 0.2) is 30.9 Å². The van der Waals surface area contributed by atoms with Gasteiger partial charge in [-0.15, -0.1) is 10.2 Å². The maximum atomic E-state index is 12.8. The lowest BCUT2D eigenvalue weighted by Gasteiger charge is -2.03. The minimum atomic E-state index is -0.441. The molecule has 0 bridgehead atoms. The van der Waals surface area contributed by atoms with Crippen molar-refractivity contribution in [3.05, 3.63) is 42.2 Å². The van der Waals surface area contributed by atoms with Crippen LogP contribution in [0.4, 0.5) is 4.39 Å². The highest BCUT2D eigenvalue weighted by Crippen LogP contribution is 2.13. The van der Waals surface area contributed by atoms with Gasteiger partial charge in [0.25, 0.3) is 0 Å². The van der Waals surface area contributed by atoms with Gasteiger partial charge in [0, 0.05) is 5.56 Å². The summed E-state index contributed by atoms with van der Waals surface area (Å²) in [6.45, 7) is 0. The molecule has 5 heteroatoms. The standard InChI is InChI=1S/C9H6FN3O/c10-8-1-2-9(7(3-8)4-14)13-5-11-12-6-13/h1-6H. The van der Waals surface area contributed by atoms with Crippen molar-refractivity contribution in [3.8, 4) is 5.69 Å². The molecule has 0 spiro atoms. The summed E-state index contributed by atoms with van der Waals surface area (Å²) in [7, 11) is 0. The van der Waals surface area contributed by atoms with Crippen LogP contribution in [-0.2, 0) is 0 Å². The number of aldehydes is 1. The molecule has 4 nitrogen and oxygen atoms in total. The van der Waals surface area contributed by atoms with E-state index >= 15 is 0 Å². The van der Waals surface area contributed by atoms with Crippen molar-refractivity contribution in [2.24, 2.45) is 0 Å². The van der Waals surface area contributed by atoms with Crippen LogP contribution in [0, 0.1) is 5.82 Å². The van der Waals surface area contributed by atoms with Crippen LogP contribution >= 0.6 is 0 Å². The molecule has 14 heavy (non-hydrogen) atoms. The fourth-order valence-electron chi connectivity index (χ4n) is 1.18. The molecule has 70 valence electrons. The van der Waals surface area contributed by atoms with Crippen molar-refractivity contribution in [3.63, 3.8) is 0 Å². The SMILES string of the molecule is O=Cc1cc(F)ccc1-n1cnnc1. The van der Waals surface area contributed by atoms with E-state index in [-0.39, 0.29) is 5.56 Å². The van der Waals surface area contributed by atoms with Crippen molar-refractivity contribution in [2.45, 2.75) is 0 Å². The highest BCUT2D eigenvalue weighted by atomic mass is 19.1. The van der Waals surface area contributed by atoms with Gasteiger partial charge in [-0.25, -0.2) is 4.39 Å². The first kappa shape index (κ1) is 8.55. The average molecular weight is 191 g/mol. The van der Waals surface area contributed by atoms with E-state index in [0.717, 1.165) is 0 Å². The first-order valence-corrected chi connectivity index (χ1v) is 3.91. The van der Waals surface area contributed by atoms with Crippen LogP contribution in [0.3, 0.4) is 0 Å². The molecule has 1 heterocycles. The zero-order valence-corrected chi connectivity index (χ0v) is 7.09. The Morgan fingerprint density at radius 2 is 2.00 bits per heavy atom. The molecule has 1 aromatic heterocycles. The first-order valence-electron chi connectivity index (χ1n) is 3.91. The molecular formula is C9H6FN3O. The second-order valence-corrected chi connectivity index (χ2v) is 2.69. The van der Waals surface area contributed by atoms with E-state index in [4.69, 9.17) is 0 Å². The molecule has 0 atom stereocenters. The van der Waals surface area contributed by atoms with Gasteiger partial charge >= 0.3 is 0 Å². The zero-order chi connectivity index (χ0) is 9.97. The van der Waals surface area contributed by atoms with E-state index in [2.05, 4.69) is 10.2 Å². The minimum absolute atomic E-state index is 0.268. The number of carbonyl (C=O) groups excluding carboxylic acids is 1. The predicted octanol–water partition coefficient (Wildman–Crippen LogP) is 1.22. The van der Waals surface area contributed by atoms with Crippen LogP contribution < -0.4 is 0 Å². The smallest absolute Gasteiger partial charge is 0.152 e. The van der Waals surface area contributed by atoms with Gasteiger partial charge in [-0.2, -0.15) is 0 Å². The van der Waals surface area contributed by atoms with E-state index < -0.39 is 5.82 Å². The van der Waals surface area contributed by atoms with Crippen LogP contribution in [0.2, 0.25) is 0 Å². The molecule has 0 radical (unpaired) electrons. The Balaban J connectivity index is 2.58. The Morgan fingerprint density at radius 3 is 2.64 bits per heavy atom. The summed E-state index contributed by atoms with van der Waals surface area (Å²) in [6, 6.07) is 3.95. The summed E-state index contributed by atoms with van der Waals surface area (Å²) in [6.07, 6.45) is 3.49. The van der Waals surface area contributed by atoms with Gasteiger partial charge in [-0.3, -0.25) is 9.36 Å². The lowest BCUT2D eigenvalue weighted by Crippen LogP contribution is -1.97. The fraction of sp³-hybridized carbons (Fsp3) is 0. The number of nitrogens with zero attached hydrogens (tertiary/aromatic N) is 3. The van der Waals surface area contributed by atoms with Gasteiger partial charge in [0.05, 0.1) is 5.69 Å². The summed E-state index contributed by atoms with van der Waals surface area (Å²) >= 11 is 0. The molecule has 0 saturated carbocycles. The summed E-state index contributed by atoms with van der Waals surface area (Å²) in [4.78, 5) is 10.7. The largest absolute Gasteiger partial charge is 0.298 e. The van der Waals surface area contributed by atoms with E-state index in [1.807, 2.05) is 0 Å². The maximum Gasteiger partial charge on any atom is 0.152 e. The lowest BCUT2D eigenvalue weighted by molar-refractivity contribution is 0.112. The van der Waals surface area contributed by atoms with Gasteiger partial charge in [-0.05, 0) is 18.2 Å². The Bertz CT molecular complexity index is 453. The number of aromatic nitrogens is 3. The van der Waals surface area contributed by atoms with Crippen molar-refractivity contribution >= 4 is 6.29 Å². The van der Waals surface area contributed by atoms with Crippen molar-refractivity contribution in [1.82, 2.24) is 14.8 Å². The molecule has 1 aromatic carbocycles. The van der Waals surface area contributed by atoms with Crippen LogP contribution in [0.1, 0.15) is 10.4 Å². The first-order chi connectivity index (χ1) is 6.81.